The second-order valence-corrected chi connectivity index (χ2v) is 9.67. The minimum absolute atomic E-state index is 0.170. The summed E-state index contributed by atoms with van der Waals surface area (Å²) >= 11 is 7.80. The van der Waals surface area contributed by atoms with Crippen LogP contribution in [0.4, 0.5) is 10.1 Å². The largest absolute Gasteiger partial charge is 0.311 e. The number of carbonyl (C=O) groups excluding carboxylic acids is 2. The van der Waals surface area contributed by atoms with Gasteiger partial charge in [-0.2, -0.15) is 0 Å². The second-order valence-electron chi connectivity index (χ2n) is 7.94. The summed E-state index contributed by atoms with van der Waals surface area (Å²) < 4.78 is 13.4. The molecule has 1 fully saturated rings. The maximum absolute atomic E-state index is 14.0. The molecule has 32 heavy (non-hydrogen) atoms. The third-order valence-corrected chi connectivity index (χ3v) is 7.68. The quantitative estimate of drug-likeness (QED) is 0.520. The highest BCUT2D eigenvalue weighted by Gasteiger charge is 2.59. The highest BCUT2D eigenvalue weighted by Crippen LogP contribution is 2.55. The number of fused-ring (bicyclic) bond motifs is 2. The van der Waals surface area contributed by atoms with Crippen LogP contribution in [-0.4, -0.2) is 29.0 Å². The number of halogens is 2. The minimum Gasteiger partial charge on any atom is -0.311 e. The predicted octanol–water partition coefficient (Wildman–Crippen LogP) is 5.38. The molecule has 1 spiro atoms. The smallest absolute Gasteiger partial charge is 0.268 e. The van der Waals surface area contributed by atoms with Crippen LogP contribution >= 0.6 is 23.4 Å². The van der Waals surface area contributed by atoms with Crippen LogP contribution in [0.15, 0.2) is 66.7 Å². The molecule has 2 amide bonds. The van der Waals surface area contributed by atoms with Crippen molar-refractivity contribution in [3.05, 3.63) is 99.8 Å². The zero-order valence-electron chi connectivity index (χ0n) is 17.3. The molecule has 0 N–H and O–H groups in total. The van der Waals surface area contributed by atoms with Gasteiger partial charge in [0.05, 0.1) is 12.2 Å². The Morgan fingerprint density at radius 3 is 2.62 bits per heavy atom. The van der Waals surface area contributed by atoms with Crippen molar-refractivity contribution in [2.24, 2.45) is 0 Å². The van der Waals surface area contributed by atoms with Gasteiger partial charge in [-0.15, -0.1) is 11.8 Å². The molecule has 5 rings (SSSR count). The molecule has 0 aliphatic carbocycles. The molecule has 0 bridgehead atoms. The summed E-state index contributed by atoms with van der Waals surface area (Å²) in [6, 6.07) is 18.9. The normalized spacial score (nSPS) is 19.7. The van der Waals surface area contributed by atoms with Crippen LogP contribution in [0.1, 0.15) is 27.0 Å². The van der Waals surface area contributed by atoms with E-state index in [0.29, 0.717) is 22.9 Å². The molecule has 0 aromatic heterocycles. The molecule has 1 saturated heterocycles. The van der Waals surface area contributed by atoms with Crippen molar-refractivity contribution in [1.29, 1.82) is 0 Å². The molecular formula is C25H20ClFN2O2S. The maximum Gasteiger partial charge on any atom is 0.268 e. The Morgan fingerprint density at radius 1 is 1.12 bits per heavy atom. The summed E-state index contributed by atoms with van der Waals surface area (Å²) in [6.45, 7) is 2.63. The number of amides is 2. The van der Waals surface area contributed by atoms with Gasteiger partial charge in [-0.25, -0.2) is 4.39 Å². The molecule has 2 aliphatic rings. The highest BCUT2D eigenvalue weighted by atomic mass is 35.5. The van der Waals surface area contributed by atoms with Gasteiger partial charge < -0.3 is 9.80 Å². The minimum atomic E-state index is -1.17. The lowest BCUT2D eigenvalue weighted by molar-refractivity contribution is -0.123. The fourth-order valence-electron chi connectivity index (χ4n) is 4.48. The maximum atomic E-state index is 14.0. The van der Waals surface area contributed by atoms with Crippen molar-refractivity contribution < 1.29 is 14.0 Å². The fraction of sp³-hybridized carbons (Fsp3) is 0.200. The van der Waals surface area contributed by atoms with Gasteiger partial charge >= 0.3 is 0 Å². The molecule has 7 heteroatoms. The number of carbonyl (C=O) groups is 2. The number of hydrogen-bond donors (Lipinski definition) is 0. The van der Waals surface area contributed by atoms with Crippen molar-refractivity contribution >= 4 is 40.9 Å². The number of hydrogen-bond acceptors (Lipinski definition) is 3. The third kappa shape index (κ3) is 3.21. The molecule has 162 valence electrons. The van der Waals surface area contributed by atoms with Gasteiger partial charge in [-0.1, -0.05) is 41.9 Å². The topological polar surface area (TPSA) is 40.6 Å². The van der Waals surface area contributed by atoms with Gasteiger partial charge in [0.15, 0.2) is 4.87 Å². The lowest BCUT2D eigenvalue weighted by Gasteiger charge is -2.33. The van der Waals surface area contributed by atoms with Gasteiger partial charge in [0.25, 0.3) is 11.8 Å². The van der Waals surface area contributed by atoms with E-state index in [0.717, 1.165) is 22.4 Å². The monoisotopic (exact) mass is 466 g/mol. The summed E-state index contributed by atoms with van der Waals surface area (Å²) in [6.07, 6.45) is 0. The number of anilines is 1. The SMILES string of the molecule is Cc1ccccc1C(=O)N1CCS[C@]12C(=O)N(Cc1ccc(F)cc1)c1ccc(Cl)cc12. The van der Waals surface area contributed by atoms with Crippen LogP contribution < -0.4 is 4.90 Å². The fourth-order valence-corrected chi connectivity index (χ4v) is 6.10. The summed E-state index contributed by atoms with van der Waals surface area (Å²) in [5.41, 5.74) is 3.70. The number of benzene rings is 3. The van der Waals surface area contributed by atoms with Crippen molar-refractivity contribution in [3.8, 4) is 0 Å². The molecular weight excluding hydrogens is 447 g/mol. The van der Waals surface area contributed by atoms with Crippen LogP contribution in [0.2, 0.25) is 5.02 Å². The van der Waals surface area contributed by atoms with Crippen molar-refractivity contribution in [1.82, 2.24) is 4.90 Å². The zero-order chi connectivity index (χ0) is 22.5. The first-order chi connectivity index (χ1) is 15.4. The van der Waals surface area contributed by atoms with Gasteiger partial charge in [-0.3, -0.25) is 9.59 Å². The van der Waals surface area contributed by atoms with Crippen LogP contribution in [0, 0.1) is 12.7 Å². The van der Waals surface area contributed by atoms with Gasteiger partial charge in [0.2, 0.25) is 0 Å². The zero-order valence-corrected chi connectivity index (χ0v) is 18.9. The van der Waals surface area contributed by atoms with E-state index in [1.807, 2.05) is 31.2 Å². The Morgan fingerprint density at radius 2 is 1.88 bits per heavy atom. The number of thioether (sulfide) groups is 1. The van der Waals surface area contributed by atoms with Gasteiger partial charge in [0, 0.05) is 28.4 Å². The average molecular weight is 467 g/mol. The van der Waals surface area contributed by atoms with E-state index in [2.05, 4.69) is 0 Å². The Hall–Kier alpha value is -2.83. The summed E-state index contributed by atoms with van der Waals surface area (Å²) in [7, 11) is 0. The van der Waals surface area contributed by atoms with E-state index < -0.39 is 4.87 Å². The molecule has 0 radical (unpaired) electrons. The Labute approximate surface area is 195 Å². The Balaban J connectivity index is 1.60. The van der Waals surface area contributed by atoms with E-state index in [1.165, 1.54) is 23.9 Å². The van der Waals surface area contributed by atoms with Crippen molar-refractivity contribution in [3.63, 3.8) is 0 Å². The number of aryl methyl sites for hydroxylation is 1. The second kappa shape index (κ2) is 7.94. The molecule has 0 unspecified atom stereocenters. The van der Waals surface area contributed by atoms with Crippen LogP contribution in [0.3, 0.4) is 0 Å². The first-order valence-corrected chi connectivity index (χ1v) is 11.7. The molecule has 1 atom stereocenters. The molecule has 2 heterocycles. The van der Waals surface area contributed by atoms with Crippen molar-refractivity contribution in [2.45, 2.75) is 18.3 Å². The van der Waals surface area contributed by atoms with E-state index in [4.69, 9.17) is 11.6 Å². The third-order valence-electron chi connectivity index (χ3n) is 6.03. The van der Waals surface area contributed by atoms with Gasteiger partial charge in [-0.05, 0) is 54.4 Å². The first kappa shape index (κ1) is 21.0. The van der Waals surface area contributed by atoms with Crippen LogP contribution in [0.25, 0.3) is 0 Å². The predicted molar refractivity (Wildman–Crippen MR) is 125 cm³/mol. The molecule has 3 aromatic carbocycles. The lowest BCUT2D eigenvalue weighted by atomic mass is 10.0. The first-order valence-electron chi connectivity index (χ1n) is 10.3. The van der Waals surface area contributed by atoms with E-state index >= 15 is 0 Å². The van der Waals surface area contributed by atoms with Crippen molar-refractivity contribution in [2.75, 3.05) is 17.2 Å². The summed E-state index contributed by atoms with van der Waals surface area (Å²) in [5.74, 6) is -0.0364. The molecule has 4 nitrogen and oxygen atoms in total. The van der Waals surface area contributed by atoms with Gasteiger partial charge in [0.1, 0.15) is 5.82 Å². The van der Waals surface area contributed by atoms with E-state index in [9.17, 15) is 14.0 Å². The summed E-state index contributed by atoms with van der Waals surface area (Å²) in [4.78, 5) is 29.8. The van der Waals surface area contributed by atoms with E-state index in [-0.39, 0.29) is 24.2 Å². The van der Waals surface area contributed by atoms with E-state index in [1.54, 1.807) is 40.1 Å². The van der Waals surface area contributed by atoms with Crippen LogP contribution in [0.5, 0.6) is 0 Å². The number of nitrogens with zero attached hydrogens (tertiary/aromatic N) is 2. The number of rotatable bonds is 3. The molecule has 2 aliphatic heterocycles. The van der Waals surface area contributed by atoms with Crippen LogP contribution in [-0.2, 0) is 16.2 Å². The standard InChI is InChI=1S/C25H20ClFN2O2S/c1-16-4-2-3-5-20(16)23(30)29-12-13-32-25(29)21-14-18(26)8-11-22(21)28(24(25)31)15-17-6-9-19(27)10-7-17/h2-11,14H,12-13,15H2,1H3/t25-/m1/s1. The summed E-state index contributed by atoms with van der Waals surface area (Å²) in [5, 5.41) is 0.510. The average Bonchev–Trinajstić information content (AvgIpc) is 3.32. The molecule has 3 aromatic rings. The lowest BCUT2D eigenvalue weighted by Crippen LogP contribution is -2.50. The highest BCUT2D eigenvalue weighted by molar-refractivity contribution is 8.01. The Kier molecular flexibility index (Phi) is 5.22. The molecule has 0 saturated carbocycles. The Bertz CT molecular complexity index is 1230.